The zero-order valence-electron chi connectivity index (χ0n) is 9.82. The van der Waals surface area contributed by atoms with E-state index in [4.69, 9.17) is 0 Å². The fourth-order valence-corrected chi connectivity index (χ4v) is 3.13. The molecular weight excluding hydrogens is 334 g/mol. The first-order valence-corrected chi connectivity index (χ1v) is 7.35. The quantitative estimate of drug-likeness (QED) is 0.821. The minimum absolute atomic E-state index is 0.247. The van der Waals surface area contributed by atoms with Gasteiger partial charge >= 0.3 is 0 Å². The summed E-state index contributed by atoms with van der Waals surface area (Å²) in [5.41, 5.74) is 0.247. The van der Waals surface area contributed by atoms with E-state index in [0.29, 0.717) is 5.75 Å². The van der Waals surface area contributed by atoms with E-state index in [1.165, 1.54) is 11.8 Å². The number of thioether (sulfide) groups is 1. The van der Waals surface area contributed by atoms with E-state index >= 15 is 0 Å². The van der Waals surface area contributed by atoms with Gasteiger partial charge in [0.15, 0.2) is 0 Å². The average molecular weight is 345 g/mol. The van der Waals surface area contributed by atoms with Gasteiger partial charge in [-0.3, -0.25) is 0 Å². The summed E-state index contributed by atoms with van der Waals surface area (Å²) in [6.45, 7) is 0. The SMILES string of the molecule is OC(CSc1ccccc1Br)c1cc(F)cc(F)c1. The molecule has 0 aliphatic rings. The van der Waals surface area contributed by atoms with Gasteiger partial charge in [0, 0.05) is 21.2 Å². The van der Waals surface area contributed by atoms with Crippen molar-refractivity contribution in [2.45, 2.75) is 11.0 Å². The second kappa shape index (κ2) is 6.50. The molecule has 0 aliphatic carbocycles. The molecule has 0 aromatic heterocycles. The Morgan fingerprint density at radius 1 is 1.11 bits per heavy atom. The van der Waals surface area contributed by atoms with Crippen LogP contribution in [0.5, 0.6) is 0 Å². The molecule has 0 saturated heterocycles. The second-order valence-corrected chi connectivity index (χ2v) is 5.88. The van der Waals surface area contributed by atoms with Gasteiger partial charge in [-0.15, -0.1) is 11.8 Å². The Bertz CT molecular complexity index is 557. The largest absolute Gasteiger partial charge is 0.388 e. The van der Waals surface area contributed by atoms with Crippen molar-refractivity contribution in [2.24, 2.45) is 0 Å². The van der Waals surface area contributed by atoms with Gasteiger partial charge < -0.3 is 5.11 Å². The molecule has 100 valence electrons. The van der Waals surface area contributed by atoms with Gasteiger partial charge in [-0.05, 0) is 45.8 Å². The van der Waals surface area contributed by atoms with Crippen molar-refractivity contribution in [1.82, 2.24) is 0 Å². The number of aliphatic hydroxyl groups excluding tert-OH is 1. The number of halogens is 3. The van der Waals surface area contributed by atoms with Gasteiger partial charge in [-0.25, -0.2) is 8.78 Å². The first-order valence-electron chi connectivity index (χ1n) is 5.57. The molecular formula is C14H11BrF2OS. The van der Waals surface area contributed by atoms with Crippen LogP contribution in [-0.4, -0.2) is 10.9 Å². The van der Waals surface area contributed by atoms with Crippen LogP contribution in [0.4, 0.5) is 8.78 Å². The maximum atomic E-state index is 13.1. The van der Waals surface area contributed by atoms with Crippen LogP contribution < -0.4 is 0 Å². The van der Waals surface area contributed by atoms with Gasteiger partial charge in [0.2, 0.25) is 0 Å². The first-order chi connectivity index (χ1) is 9.06. The van der Waals surface area contributed by atoms with Crippen LogP contribution in [-0.2, 0) is 0 Å². The molecule has 2 rings (SSSR count). The number of aliphatic hydroxyl groups is 1. The van der Waals surface area contributed by atoms with Crippen LogP contribution in [0.15, 0.2) is 51.8 Å². The monoisotopic (exact) mass is 344 g/mol. The van der Waals surface area contributed by atoms with E-state index in [1.54, 1.807) is 0 Å². The molecule has 0 aliphatic heterocycles. The van der Waals surface area contributed by atoms with Gasteiger partial charge in [-0.2, -0.15) is 0 Å². The van der Waals surface area contributed by atoms with Crippen molar-refractivity contribution in [1.29, 1.82) is 0 Å². The van der Waals surface area contributed by atoms with Crippen LogP contribution in [0.1, 0.15) is 11.7 Å². The molecule has 0 saturated carbocycles. The Morgan fingerprint density at radius 3 is 2.37 bits per heavy atom. The summed E-state index contributed by atoms with van der Waals surface area (Å²) >= 11 is 4.82. The number of benzene rings is 2. The maximum absolute atomic E-state index is 13.1. The third-order valence-corrected chi connectivity index (χ3v) is 4.61. The molecule has 0 bridgehead atoms. The number of rotatable bonds is 4. The summed E-state index contributed by atoms with van der Waals surface area (Å²) in [5, 5.41) is 9.95. The van der Waals surface area contributed by atoms with Crippen molar-refractivity contribution in [3.05, 3.63) is 64.1 Å². The van der Waals surface area contributed by atoms with Gasteiger partial charge in [0.25, 0.3) is 0 Å². The number of hydrogen-bond acceptors (Lipinski definition) is 2. The highest BCUT2D eigenvalue weighted by atomic mass is 79.9. The molecule has 1 unspecified atom stereocenters. The topological polar surface area (TPSA) is 20.2 Å². The van der Waals surface area contributed by atoms with Crippen LogP contribution in [0.25, 0.3) is 0 Å². The Balaban J connectivity index is 2.05. The van der Waals surface area contributed by atoms with Crippen LogP contribution in [0.2, 0.25) is 0 Å². The zero-order valence-corrected chi connectivity index (χ0v) is 12.2. The molecule has 1 nitrogen and oxygen atoms in total. The first kappa shape index (κ1) is 14.5. The summed E-state index contributed by atoms with van der Waals surface area (Å²) in [7, 11) is 0. The Kier molecular flexibility index (Phi) is 4.96. The summed E-state index contributed by atoms with van der Waals surface area (Å²) in [6.07, 6.45) is -0.915. The molecule has 0 spiro atoms. The summed E-state index contributed by atoms with van der Waals surface area (Å²) in [4.78, 5) is 0.971. The minimum Gasteiger partial charge on any atom is -0.388 e. The maximum Gasteiger partial charge on any atom is 0.126 e. The summed E-state index contributed by atoms with van der Waals surface area (Å²) in [5.74, 6) is -1.04. The Morgan fingerprint density at radius 2 is 1.74 bits per heavy atom. The van der Waals surface area contributed by atoms with Crippen molar-refractivity contribution in [3.63, 3.8) is 0 Å². The molecule has 5 heteroatoms. The Labute approximate surface area is 122 Å². The third-order valence-electron chi connectivity index (χ3n) is 2.50. The van der Waals surface area contributed by atoms with Crippen LogP contribution in [0.3, 0.4) is 0 Å². The van der Waals surface area contributed by atoms with E-state index in [-0.39, 0.29) is 5.56 Å². The molecule has 2 aromatic rings. The molecule has 0 amide bonds. The van der Waals surface area contributed by atoms with E-state index in [2.05, 4.69) is 15.9 Å². The van der Waals surface area contributed by atoms with E-state index in [1.807, 2.05) is 24.3 Å². The Hall–Kier alpha value is -0.910. The summed E-state index contributed by atoms with van der Waals surface area (Å²) in [6, 6.07) is 10.7. The fraction of sp³-hybridized carbons (Fsp3) is 0.143. The highest BCUT2D eigenvalue weighted by Gasteiger charge is 2.12. The molecule has 0 radical (unpaired) electrons. The van der Waals surface area contributed by atoms with Crippen molar-refractivity contribution in [2.75, 3.05) is 5.75 Å². The highest BCUT2D eigenvalue weighted by Crippen LogP contribution is 2.30. The lowest BCUT2D eigenvalue weighted by atomic mass is 10.1. The predicted octanol–water partition coefficient (Wildman–Crippen LogP) is 4.55. The van der Waals surface area contributed by atoms with E-state index < -0.39 is 17.7 Å². The van der Waals surface area contributed by atoms with Crippen molar-refractivity contribution in [3.8, 4) is 0 Å². The van der Waals surface area contributed by atoms with Crippen LogP contribution in [0, 0.1) is 11.6 Å². The van der Waals surface area contributed by atoms with Crippen molar-refractivity contribution < 1.29 is 13.9 Å². The van der Waals surface area contributed by atoms with Gasteiger partial charge in [0.1, 0.15) is 11.6 Å². The molecule has 0 heterocycles. The van der Waals surface area contributed by atoms with E-state index in [0.717, 1.165) is 27.6 Å². The average Bonchev–Trinajstić information content (AvgIpc) is 2.36. The lowest BCUT2D eigenvalue weighted by Gasteiger charge is -2.11. The molecule has 19 heavy (non-hydrogen) atoms. The molecule has 1 atom stereocenters. The lowest BCUT2D eigenvalue weighted by Crippen LogP contribution is -2.02. The van der Waals surface area contributed by atoms with Crippen LogP contribution >= 0.6 is 27.7 Å². The van der Waals surface area contributed by atoms with Crippen molar-refractivity contribution >= 4 is 27.7 Å². The smallest absolute Gasteiger partial charge is 0.126 e. The molecule has 0 fully saturated rings. The summed E-state index contributed by atoms with van der Waals surface area (Å²) < 4.78 is 27.0. The minimum atomic E-state index is -0.915. The highest BCUT2D eigenvalue weighted by molar-refractivity contribution is 9.10. The normalized spacial score (nSPS) is 12.4. The lowest BCUT2D eigenvalue weighted by molar-refractivity contribution is 0.203. The fourth-order valence-electron chi connectivity index (χ4n) is 1.59. The zero-order chi connectivity index (χ0) is 13.8. The molecule has 2 aromatic carbocycles. The van der Waals surface area contributed by atoms with Gasteiger partial charge in [0.05, 0.1) is 6.10 Å². The predicted molar refractivity (Wildman–Crippen MR) is 76.2 cm³/mol. The second-order valence-electron chi connectivity index (χ2n) is 3.96. The van der Waals surface area contributed by atoms with E-state index in [9.17, 15) is 13.9 Å². The van der Waals surface area contributed by atoms with Gasteiger partial charge in [-0.1, -0.05) is 12.1 Å². The third kappa shape index (κ3) is 4.03. The number of hydrogen-bond donors (Lipinski definition) is 1. The standard InChI is InChI=1S/C14H11BrF2OS/c15-12-3-1-2-4-14(12)19-8-13(18)9-5-10(16)7-11(17)6-9/h1-7,13,18H,8H2. The molecule has 1 N–H and O–H groups in total.